The molecule has 0 bridgehead atoms. The molecule has 0 unspecified atom stereocenters. The molecule has 0 aliphatic carbocycles. The lowest BCUT2D eigenvalue weighted by Crippen LogP contribution is -2.44. The van der Waals surface area contributed by atoms with Gasteiger partial charge < -0.3 is 11.1 Å². The maximum absolute atomic E-state index is 12.3. The minimum Gasteiger partial charge on any atom is -0.369 e. The molecule has 0 radical (unpaired) electrons. The van der Waals surface area contributed by atoms with Gasteiger partial charge in [0.2, 0.25) is 11.8 Å². The minimum absolute atomic E-state index is 0.0368. The normalized spacial score (nSPS) is 17.7. The summed E-state index contributed by atoms with van der Waals surface area (Å²) < 4.78 is 0. The van der Waals surface area contributed by atoms with Gasteiger partial charge in [-0.05, 0) is 44.8 Å². The Kier molecular flexibility index (Phi) is 6.16. The maximum Gasteiger partial charge on any atom is 0.234 e. The molecule has 1 aliphatic heterocycles. The third-order valence-electron chi connectivity index (χ3n) is 4.58. The smallest absolute Gasteiger partial charge is 0.234 e. The largest absolute Gasteiger partial charge is 0.369 e. The fourth-order valence-corrected chi connectivity index (χ4v) is 3.04. The Morgan fingerprint density at radius 3 is 2.39 bits per heavy atom. The predicted molar refractivity (Wildman–Crippen MR) is 90.7 cm³/mol. The number of rotatable bonds is 6. The molecular formula is C18H27N3O2. The molecule has 2 rings (SSSR count). The highest BCUT2D eigenvalue weighted by Crippen LogP contribution is 2.18. The molecule has 1 aliphatic rings. The topological polar surface area (TPSA) is 75.4 Å². The Bertz CT molecular complexity index is 534. The number of carbonyl (C=O) groups is 2. The zero-order valence-electron chi connectivity index (χ0n) is 14.0. The van der Waals surface area contributed by atoms with Crippen molar-refractivity contribution in [3.05, 3.63) is 35.4 Å². The van der Waals surface area contributed by atoms with E-state index in [0.29, 0.717) is 6.54 Å². The van der Waals surface area contributed by atoms with Crippen molar-refractivity contribution in [3.63, 3.8) is 0 Å². The van der Waals surface area contributed by atoms with Gasteiger partial charge in [0, 0.05) is 5.92 Å². The number of hydrogen-bond acceptors (Lipinski definition) is 3. The predicted octanol–water partition coefficient (Wildman–Crippen LogP) is 1.76. The van der Waals surface area contributed by atoms with Gasteiger partial charge in [0.1, 0.15) is 0 Å². The van der Waals surface area contributed by atoms with Gasteiger partial charge in [0.15, 0.2) is 0 Å². The third-order valence-corrected chi connectivity index (χ3v) is 4.58. The maximum atomic E-state index is 12.3. The van der Waals surface area contributed by atoms with Crippen LogP contribution in [0.1, 0.15) is 43.4 Å². The molecule has 0 spiro atoms. The second-order valence-electron chi connectivity index (χ2n) is 6.39. The van der Waals surface area contributed by atoms with E-state index in [2.05, 4.69) is 48.3 Å². The summed E-state index contributed by atoms with van der Waals surface area (Å²) in [6.45, 7) is 6.01. The number of benzene rings is 1. The summed E-state index contributed by atoms with van der Waals surface area (Å²) in [5.74, 6) is -0.222. The number of nitrogens with one attached hydrogen (secondary N) is 1. The average Bonchev–Trinajstić information content (AvgIpc) is 2.54. The van der Waals surface area contributed by atoms with E-state index in [1.165, 1.54) is 5.56 Å². The van der Waals surface area contributed by atoms with Gasteiger partial charge in [-0.25, -0.2) is 0 Å². The molecule has 0 aromatic heterocycles. The highest BCUT2D eigenvalue weighted by Gasteiger charge is 2.24. The van der Waals surface area contributed by atoms with Crippen molar-refractivity contribution < 1.29 is 9.59 Å². The Labute approximate surface area is 138 Å². The van der Waals surface area contributed by atoms with E-state index >= 15 is 0 Å². The Morgan fingerprint density at radius 1 is 1.26 bits per heavy atom. The van der Waals surface area contributed by atoms with Gasteiger partial charge in [0.25, 0.3) is 0 Å². The van der Waals surface area contributed by atoms with Crippen molar-refractivity contribution in [2.45, 2.75) is 39.2 Å². The highest BCUT2D eigenvalue weighted by atomic mass is 16.2. The fourth-order valence-electron chi connectivity index (χ4n) is 3.04. The molecular weight excluding hydrogens is 290 g/mol. The number of aryl methyl sites for hydroxylation is 1. The molecule has 23 heavy (non-hydrogen) atoms. The number of nitrogens with zero attached hydrogens (tertiary/aromatic N) is 1. The summed E-state index contributed by atoms with van der Waals surface area (Å²) in [7, 11) is 0. The Hall–Kier alpha value is -1.88. The van der Waals surface area contributed by atoms with E-state index in [1.807, 2.05) is 0 Å². The molecule has 5 nitrogen and oxygen atoms in total. The summed E-state index contributed by atoms with van der Waals surface area (Å²) in [4.78, 5) is 25.6. The number of amides is 2. The molecule has 1 atom stereocenters. The van der Waals surface area contributed by atoms with Crippen molar-refractivity contribution in [2.75, 3.05) is 19.6 Å². The van der Waals surface area contributed by atoms with Crippen LogP contribution < -0.4 is 11.1 Å². The zero-order valence-corrected chi connectivity index (χ0v) is 14.0. The van der Waals surface area contributed by atoms with Gasteiger partial charge >= 0.3 is 0 Å². The Morgan fingerprint density at radius 2 is 1.87 bits per heavy atom. The number of likely N-dealkylation sites (tertiary alicyclic amines) is 1. The molecule has 1 heterocycles. The Balaban J connectivity index is 1.84. The average molecular weight is 317 g/mol. The lowest BCUT2D eigenvalue weighted by molar-refractivity contribution is -0.124. The molecule has 2 amide bonds. The van der Waals surface area contributed by atoms with Crippen LogP contribution in [0.4, 0.5) is 0 Å². The first-order valence-corrected chi connectivity index (χ1v) is 8.37. The first-order valence-electron chi connectivity index (χ1n) is 8.37. The third kappa shape index (κ3) is 5.06. The van der Waals surface area contributed by atoms with Crippen molar-refractivity contribution in [1.82, 2.24) is 10.2 Å². The molecule has 126 valence electrons. The van der Waals surface area contributed by atoms with Crippen LogP contribution in [0.2, 0.25) is 0 Å². The molecule has 1 aromatic carbocycles. The fraction of sp³-hybridized carbons (Fsp3) is 0.556. The van der Waals surface area contributed by atoms with Crippen LogP contribution in [0.5, 0.6) is 0 Å². The van der Waals surface area contributed by atoms with Gasteiger partial charge in [0.05, 0.1) is 12.6 Å². The summed E-state index contributed by atoms with van der Waals surface area (Å²) >= 11 is 0. The standard InChI is InChI=1S/C18H27N3O2/c1-3-16(14-6-4-13(2)5-7-14)20-17(22)12-21-10-8-15(9-11-21)18(19)23/h4-7,15-16H,3,8-12H2,1-2H3,(H2,19,23)(H,20,22)/t16-/m0/s1. The summed E-state index contributed by atoms with van der Waals surface area (Å²) in [5, 5.41) is 3.11. The molecule has 0 saturated carbocycles. The number of primary amides is 1. The van der Waals surface area contributed by atoms with Crippen molar-refractivity contribution in [3.8, 4) is 0 Å². The zero-order chi connectivity index (χ0) is 16.8. The second-order valence-corrected chi connectivity index (χ2v) is 6.39. The van der Waals surface area contributed by atoms with E-state index in [4.69, 9.17) is 5.73 Å². The summed E-state index contributed by atoms with van der Waals surface area (Å²) in [6, 6.07) is 8.33. The monoisotopic (exact) mass is 317 g/mol. The van der Waals surface area contributed by atoms with Crippen LogP contribution in [-0.2, 0) is 9.59 Å². The number of carbonyl (C=O) groups excluding carboxylic acids is 2. The van der Waals surface area contributed by atoms with Crippen LogP contribution in [0.25, 0.3) is 0 Å². The van der Waals surface area contributed by atoms with Gasteiger partial charge in [-0.2, -0.15) is 0 Å². The van der Waals surface area contributed by atoms with E-state index in [9.17, 15) is 9.59 Å². The molecule has 5 heteroatoms. The van der Waals surface area contributed by atoms with E-state index < -0.39 is 0 Å². The molecule has 1 saturated heterocycles. The lowest BCUT2D eigenvalue weighted by Gasteiger charge is -2.30. The first-order chi connectivity index (χ1) is 11.0. The second kappa shape index (κ2) is 8.11. The molecule has 1 fully saturated rings. The minimum atomic E-state index is -0.223. The van der Waals surface area contributed by atoms with Gasteiger partial charge in [-0.3, -0.25) is 14.5 Å². The van der Waals surface area contributed by atoms with Crippen LogP contribution >= 0.6 is 0 Å². The van der Waals surface area contributed by atoms with Crippen LogP contribution in [-0.4, -0.2) is 36.3 Å². The molecule has 1 aromatic rings. The van der Waals surface area contributed by atoms with Crippen LogP contribution in [0, 0.1) is 12.8 Å². The number of hydrogen-bond donors (Lipinski definition) is 2. The van der Waals surface area contributed by atoms with Gasteiger partial charge in [-0.1, -0.05) is 36.8 Å². The first kappa shape index (κ1) is 17.5. The van der Waals surface area contributed by atoms with Crippen LogP contribution in [0.3, 0.4) is 0 Å². The highest BCUT2D eigenvalue weighted by molar-refractivity contribution is 5.79. The van der Waals surface area contributed by atoms with Crippen molar-refractivity contribution in [2.24, 2.45) is 11.7 Å². The number of nitrogens with two attached hydrogens (primary N) is 1. The summed E-state index contributed by atoms with van der Waals surface area (Å²) in [5.41, 5.74) is 7.69. The molecule has 3 N–H and O–H groups in total. The quantitative estimate of drug-likeness (QED) is 0.839. The van der Waals surface area contributed by atoms with Crippen molar-refractivity contribution >= 4 is 11.8 Å². The van der Waals surface area contributed by atoms with E-state index in [1.54, 1.807) is 0 Å². The SMILES string of the molecule is CC[C@H](NC(=O)CN1CCC(C(N)=O)CC1)c1ccc(C)cc1. The van der Waals surface area contributed by atoms with E-state index in [-0.39, 0.29) is 23.8 Å². The number of piperidine rings is 1. The van der Waals surface area contributed by atoms with Gasteiger partial charge in [-0.15, -0.1) is 0 Å². The summed E-state index contributed by atoms with van der Waals surface area (Å²) in [6.07, 6.45) is 2.36. The lowest BCUT2D eigenvalue weighted by atomic mass is 9.96. The van der Waals surface area contributed by atoms with Crippen LogP contribution in [0.15, 0.2) is 24.3 Å². The van der Waals surface area contributed by atoms with E-state index in [0.717, 1.165) is 37.9 Å². The van der Waals surface area contributed by atoms with Crippen molar-refractivity contribution in [1.29, 1.82) is 0 Å².